The Labute approximate surface area is 105 Å². The van der Waals surface area contributed by atoms with Crippen molar-refractivity contribution in [2.45, 2.75) is 32.1 Å². The van der Waals surface area contributed by atoms with Crippen LogP contribution in [0.3, 0.4) is 0 Å². The zero-order valence-electron chi connectivity index (χ0n) is 8.88. The number of aliphatic carboxylic acids is 1. The Bertz CT molecular complexity index is 364. The fourth-order valence-electron chi connectivity index (χ4n) is 1.49. The molecule has 0 aromatic heterocycles. The van der Waals surface area contributed by atoms with Crippen LogP contribution >= 0.6 is 23.2 Å². The van der Waals surface area contributed by atoms with Crippen LogP contribution < -0.4 is 0 Å². The molecule has 1 aromatic carbocycles. The molecule has 1 rings (SSSR count). The van der Waals surface area contributed by atoms with Crippen molar-refractivity contribution in [3.05, 3.63) is 33.8 Å². The second-order valence-electron chi connectivity index (χ2n) is 3.69. The Balaban J connectivity index is 2.29. The first-order valence-corrected chi connectivity index (χ1v) is 6.01. The molecule has 16 heavy (non-hydrogen) atoms. The molecule has 0 aliphatic rings. The van der Waals surface area contributed by atoms with Crippen LogP contribution in [0.25, 0.3) is 0 Å². The highest BCUT2D eigenvalue weighted by atomic mass is 35.5. The Morgan fingerprint density at radius 2 is 1.94 bits per heavy atom. The van der Waals surface area contributed by atoms with Gasteiger partial charge in [0.2, 0.25) is 0 Å². The summed E-state index contributed by atoms with van der Waals surface area (Å²) in [5, 5.41) is 9.79. The van der Waals surface area contributed by atoms with Crippen LogP contribution in [0.1, 0.15) is 31.2 Å². The molecule has 0 fully saturated rings. The number of hydrogen-bond donors (Lipinski definition) is 1. The van der Waals surface area contributed by atoms with E-state index in [1.54, 1.807) is 6.07 Å². The number of carboxylic acid groups (broad SMARTS) is 1. The fourth-order valence-corrected chi connectivity index (χ4v) is 2.00. The van der Waals surface area contributed by atoms with E-state index in [4.69, 9.17) is 28.3 Å². The molecule has 0 bridgehead atoms. The van der Waals surface area contributed by atoms with Crippen molar-refractivity contribution in [2.75, 3.05) is 0 Å². The van der Waals surface area contributed by atoms with Crippen molar-refractivity contribution in [3.63, 3.8) is 0 Å². The van der Waals surface area contributed by atoms with Crippen molar-refractivity contribution in [1.82, 2.24) is 0 Å². The number of hydrogen-bond acceptors (Lipinski definition) is 1. The summed E-state index contributed by atoms with van der Waals surface area (Å²) in [6, 6.07) is 5.47. The minimum absolute atomic E-state index is 0.244. The molecule has 0 saturated heterocycles. The number of carboxylic acids is 1. The van der Waals surface area contributed by atoms with Gasteiger partial charge in [-0.3, -0.25) is 4.79 Å². The van der Waals surface area contributed by atoms with E-state index in [-0.39, 0.29) is 6.42 Å². The van der Waals surface area contributed by atoms with Gasteiger partial charge in [0.1, 0.15) is 0 Å². The van der Waals surface area contributed by atoms with Crippen molar-refractivity contribution >= 4 is 29.2 Å². The molecule has 0 amide bonds. The molecule has 0 saturated carbocycles. The minimum atomic E-state index is -0.732. The fraction of sp³-hybridized carbons (Fsp3) is 0.417. The summed E-state index contributed by atoms with van der Waals surface area (Å²) in [5.41, 5.74) is 1.07. The van der Waals surface area contributed by atoms with Crippen LogP contribution in [0.15, 0.2) is 18.2 Å². The highest BCUT2D eigenvalue weighted by Gasteiger charge is 2.02. The Kier molecular flexibility index (Phi) is 5.64. The van der Waals surface area contributed by atoms with E-state index in [0.29, 0.717) is 10.0 Å². The predicted octanol–water partition coefficient (Wildman–Crippen LogP) is 4.18. The number of aryl methyl sites for hydroxylation is 1. The number of carbonyl (C=O) groups is 1. The van der Waals surface area contributed by atoms with Gasteiger partial charge in [-0.25, -0.2) is 0 Å². The number of rotatable bonds is 6. The summed E-state index contributed by atoms with van der Waals surface area (Å²) in [7, 11) is 0. The van der Waals surface area contributed by atoms with Crippen LogP contribution in [-0.2, 0) is 11.2 Å². The zero-order valence-corrected chi connectivity index (χ0v) is 10.4. The Hall–Kier alpha value is -0.730. The lowest BCUT2D eigenvalue weighted by atomic mass is 10.1. The van der Waals surface area contributed by atoms with E-state index in [1.807, 2.05) is 12.1 Å². The molecule has 0 radical (unpaired) electrons. The molecule has 0 heterocycles. The molecular weight excluding hydrogens is 247 g/mol. The minimum Gasteiger partial charge on any atom is -0.481 e. The second-order valence-corrected chi connectivity index (χ2v) is 4.53. The summed E-state index contributed by atoms with van der Waals surface area (Å²) >= 11 is 11.8. The van der Waals surface area contributed by atoms with Crippen LogP contribution in [0.5, 0.6) is 0 Å². The van der Waals surface area contributed by atoms with Gasteiger partial charge in [0, 0.05) is 16.5 Å². The maximum atomic E-state index is 10.3. The van der Waals surface area contributed by atoms with Crippen molar-refractivity contribution < 1.29 is 9.90 Å². The topological polar surface area (TPSA) is 37.3 Å². The molecule has 0 aliphatic heterocycles. The first kappa shape index (κ1) is 13.3. The van der Waals surface area contributed by atoms with Gasteiger partial charge in [0.05, 0.1) is 0 Å². The van der Waals surface area contributed by atoms with E-state index in [1.165, 1.54) is 0 Å². The van der Waals surface area contributed by atoms with Crippen molar-refractivity contribution in [3.8, 4) is 0 Å². The van der Waals surface area contributed by atoms with Gasteiger partial charge in [-0.2, -0.15) is 0 Å². The van der Waals surface area contributed by atoms with Gasteiger partial charge in [-0.1, -0.05) is 35.7 Å². The lowest BCUT2D eigenvalue weighted by Crippen LogP contribution is -1.94. The molecule has 88 valence electrons. The van der Waals surface area contributed by atoms with Gasteiger partial charge < -0.3 is 5.11 Å². The van der Waals surface area contributed by atoms with Crippen LogP contribution in [0, 0.1) is 0 Å². The first-order chi connectivity index (χ1) is 7.59. The average Bonchev–Trinajstić information content (AvgIpc) is 2.20. The molecule has 4 heteroatoms. The molecule has 0 aliphatic carbocycles. The van der Waals surface area contributed by atoms with Gasteiger partial charge >= 0.3 is 5.97 Å². The Morgan fingerprint density at radius 3 is 2.56 bits per heavy atom. The molecule has 1 aromatic rings. The normalized spacial score (nSPS) is 10.4. The molecule has 2 nitrogen and oxygen atoms in total. The van der Waals surface area contributed by atoms with Gasteiger partial charge in [-0.15, -0.1) is 0 Å². The summed E-state index contributed by atoms with van der Waals surface area (Å²) < 4.78 is 0. The number of halogens is 2. The van der Waals surface area contributed by atoms with E-state index < -0.39 is 5.97 Å². The van der Waals surface area contributed by atoms with Crippen molar-refractivity contribution in [2.24, 2.45) is 0 Å². The third kappa shape index (κ3) is 4.86. The lowest BCUT2D eigenvalue weighted by molar-refractivity contribution is -0.137. The highest BCUT2D eigenvalue weighted by molar-refractivity contribution is 6.35. The monoisotopic (exact) mass is 260 g/mol. The van der Waals surface area contributed by atoms with E-state index in [0.717, 1.165) is 31.2 Å². The maximum Gasteiger partial charge on any atom is 0.303 e. The summed E-state index contributed by atoms with van der Waals surface area (Å²) in [6.45, 7) is 0. The highest BCUT2D eigenvalue weighted by Crippen LogP contribution is 2.22. The lowest BCUT2D eigenvalue weighted by Gasteiger charge is -2.04. The molecule has 1 N–H and O–H groups in total. The smallest absolute Gasteiger partial charge is 0.303 e. The van der Waals surface area contributed by atoms with E-state index in [9.17, 15) is 4.79 Å². The molecule has 0 spiro atoms. The van der Waals surface area contributed by atoms with E-state index in [2.05, 4.69) is 0 Å². The standard InChI is InChI=1S/C12H14Cl2O2/c13-10-7-6-9(11(14)8-10)4-2-1-3-5-12(15)16/h6-8H,1-5H2,(H,15,16). The molecule has 0 atom stereocenters. The summed E-state index contributed by atoms with van der Waals surface area (Å²) in [5.74, 6) is -0.732. The van der Waals surface area contributed by atoms with Gasteiger partial charge in [0.15, 0.2) is 0 Å². The average molecular weight is 261 g/mol. The SMILES string of the molecule is O=C(O)CCCCCc1ccc(Cl)cc1Cl. The number of benzene rings is 1. The quantitative estimate of drug-likeness (QED) is 0.780. The van der Waals surface area contributed by atoms with Gasteiger partial charge in [-0.05, 0) is 37.0 Å². The van der Waals surface area contributed by atoms with Crippen LogP contribution in [0.4, 0.5) is 0 Å². The van der Waals surface area contributed by atoms with Gasteiger partial charge in [0.25, 0.3) is 0 Å². The molecule has 0 unspecified atom stereocenters. The largest absolute Gasteiger partial charge is 0.481 e. The first-order valence-electron chi connectivity index (χ1n) is 5.25. The second kappa shape index (κ2) is 6.77. The summed E-state index contributed by atoms with van der Waals surface area (Å²) in [6.07, 6.45) is 3.70. The predicted molar refractivity (Wildman–Crippen MR) is 66.3 cm³/mol. The van der Waals surface area contributed by atoms with E-state index >= 15 is 0 Å². The van der Waals surface area contributed by atoms with Crippen LogP contribution in [0.2, 0.25) is 10.0 Å². The molecular formula is C12H14Cl2O2. The Morgan fingerprint density at radius 1 is 1.19 bits per heavy atom. The zero-order chi connectivity index (χ0) is 12.0. The third-order valence-electron chi connectivity index (χ3n) is 2.35. The van der Waals surface area contributed by atoms with Crippen LogP contribution in [-0.4, -0.2) is 11.1 Å². The number of unbranched alkanes of at least 4 members (excludes halogenated alkanes) is 2. The third-order valence-corrected chi connectivity index (χ3v) is 2.94. The maximum absolute atomic E-state index is 10.3. The van der Waals surface area contributed by atoms with Crippen molar-refractivity contribution in [1.29, 1.82) is 0 Å². The summed E-state index contributed by atoms with van der Waals surface area (Å²) in [4.78, 5) is 10.3.